The summed E-state index contributed by atoms with van der Waals surface area (Å²) in [5.41, 5.74) is 3.84. The molecular weight excluding hydrogens is 489 g/mol. The molecule has 170 valence electrons. The van der Waals surface area contributed by atoms with Crippen LogP contribution in [0.4, 0.5) is 5.69 Å². The van der Waals surface area contributed by atoms with Gasteiger partial charge in [-0.05, 0) is 54.1 Å². The number of benzene rings is 3. The van der Waals surface area contributed by atoms with Gasteiger partial charge in [-0.25, -0.2) is 5.43 Å². The maximum Gasteiger partial charge on any atom is 0.271 e. The van der Waals surface area contributed by atoms with Crippen molar-refractivity contribution in [3.05, 3.63) is 86.9 Å². The normalized spacial score (nSPS) is 10.7. The van der Waals surface area contributed by atoms with Gasteiger partial charge >= 0.3 is 0 Å². The molecule has 2 amide bonds. The van der Waals surface area contributed by atoms with E-state index in [-0.39, 0.29) is 17.4 Å². The van der Waals surface area contributed by atoms with E-state index < -0.39 is 11.8 Å². The lowest BCUT2D eigenvalue weighted by molar-refractivity contribution is -0.118. The third kappa shape index (κ3) is 6.86. The van der Waals surface area contributed by atoms with Crippen LogP contribution in [0.5, 0.6) is 11.5 Å². The molecular formula is C23H18Cl3N3O4. The van der Waals surface area contributed by atoms with Gasteiger partial charge < -0.3 is 14.8 Å². The Kier molecular flexibility index (Phi) is 8.54. The van der Waals surface area contributed by atoms with Crippen molar-refractivity contribution in [2.24, 2.45) is 5.10 Å². The monoisotopic (exact) mass is 505 g/mol. The maximum absolute atomic E-state index is 12.2. The Morgan fingerprint density at radius 1 is 1.00 bits per heavy atom. The molecule has 0 atom stereocenters. The Morgan fingerprint density at radius 2 is 1.73 bits per heavy atom. The Labute approximate surface area is 205 Å². The lowest BCUT2D eigenvalue weighted by Gasteiger charge is -2.13. The molecule has 0 bridgehead atoms. The fraction of sp³-hybridized carbons (Fsp3) is 0.0870. The molecule has 0 saturated heterocycles. The number of nitrogens with zero attached hydrogens (tertiary/aromatic N) is 1. The molecule has 2 N–H and O–H groups in total. The van der Waals surface area contributed by atoms with Gasteiger partial charge in [-0.1, -0.05) is 46.9 Å². The summed E-state index contributed by atoms with van der Waals surface area (Å²) in [4.78, 5) is 24.3. The molecule has 0 radical (unpaired) electrons. The average Bonchev–Trinajstić information content (AvgIpc) is 2.80. The zero-order valence-electron chi connectivity index (χ0n) is 17.3. The van der Waals surface area contributed by atoms with E-state index in [9.17, 15) is 9.59 Å². The van der Waals surface area contributed by atoms with Crippen LogP contribution in [0.3, 0.4) is 0 Å². The van der Waals surface area contributed by atoms with Crippen LogP contribution in [0.1, 0.15) is 15.9 Å². The van der Waals surface area contributed by atoms with E-state index in [1.807, 2.05) is 0 Å². The van der Waals surface area contributed by atoms with Crippen LogP contribution in [0.15, 0.2) is 65.8 Å². The van der Waals surface area contributed by atoms with Crippen LogP contribution in [0.25, 0.3) is 0 Å². The number of methoxy groups -OCH3 is 1. The van der Waals surface area contributed by atoms with Gasteiger partial charge in [0.15, 0.2) is 18.1 Å². The number of hydrogen-bond acceptors (Lipinski definition) is 5. The third-order valence-corrected chi connectivity index (χ3v) is 5.10. The topological polar surface area (TPSA) is 89.0 Å². The molecule has 3 aromatic carbocycles. The molecule has 0 unspecified atom stereocenters. The summed E-state index contributed by atoms with van der Waals surface area (Å²) in [6.45, 7) is -0.314. The van der Waals surface area contributed by atoms with Crippen LogP contribution in [0, 0.1) is 0 Å². The smallest absolute Gasteiger partial charge is 0.271 e. The van der Waals surface area contributed by atoms with Gasteiger partial charge in [-0.15, -0.1) is 0 Å². The molecule has 0 aliphatic heterocycles. The van der Waals surface area contributed by atoms with Gasteiger partial charge in [0.1, 0.15) is 0 Å². The molecule has 0 aromatic heterocycles. The molecule has 3 rings (SSSR count). The molecule has 0 heterocycles. The number of hydrazone groups is 1. The largest absolute Gasteiger partial charge is 0.493 e. The highest BCUT2D eigenvalue weighted by molar-refractivity contribution is 6.34. The van der Waals surface area contributed by atoms with Gasteiger partial charge in [0.2, 0.25) is 0 Å². The molecule has 0 saturated carbocycles. The minimum atomic E-state index is -0.420. The van der Waals surface area contributed by atoms with E-state index in [0.29, 0.717) is 32.6 Å². The number of nitrogens with one attached hydrogen (secondary N) is 2. The minimum Gasteiger partial charge on any atom is -0.493 e. The van der Waals surface area contributed by atoms with Crippen molar-refractivity contribution in [2.75, 3.05) is 19.0 Å². The Morgan fingerprint density at radius 3 is 2.42 bits per heavy atom. The van der Waals surface area contributed by atoms with E-state index in [1.165, 1.54) is 13.3 Å². The van der Waals surface area contributed by atoms with Crippen molar-refractivity contribution in [1.29, 1.82) is 0 Å². The molecule has 0 aliphatic rings. The predicted octanol–water partition coefficient (Wildman–Crippen LogP) is 5.44. The summed E-state index contributed by atoms with van der Waals surface area (Å²) in [6, 6.07) is 16.4. The van der Waals surface area contributed by atoms with Gasteiger partial charge in [0.25, 0.3) is 11.8 Å². The number of amides is 2. The number of halogens is 3. The lowest BCUT2D eigenvalue weighted by atomic mass is 10.2. The van der Waals surface area contributed by atoms with E-state index >= 15 is 0 Å². The summed E-state index contributed by atoms with van der Waals surface area (Å²) >= 11 is 18.2. The second-order valence-corrected chi connectivity index (χ2v) is 7.81. The number of ether oxygens (including phenoxy) is 2. The highest BCUT2D eigenvalue weighted by atomic mass is 35.5. The number of rotatable bonds is 8. The summed E-state index contributed by atoms with van der Waals surface area (Å²) < 4.78 is 10.9. The van der Waals surface area contributed by atoms with Crippen LogP contribution < -0.4 is 20.2 Å². The van der Waals surface area contributed by atoms with Crippen molar-refractivity contribution in [3.63, 3.8) is 0 Å². The minimum absolute atomic E-state index is 0.191. The van der Waals surface area contributed by atoms with Crippen molar-refractivity contribution in [1.82, 2.24) is 5.43 Å². The van der Waals surface area contributed by atoms with E-state index in [0.717, 1.165) is 0 Å². The van der Waals surface area contributed by atoms with Gasteiger partial charge in [-0.3, -0.25) is 9.59 Å². The summed E-state index contributed by atoms with van der Waals surface area (Å²) in [5.74, 6) is -0.336. The van der Waals surface area contributed by atoms with E-state index in [2.05, 4.69) is 15.8 Å². The maximum atomic E-state index is 12.2. The summed E-state index contributed by atoms with van der Waals surface area (Å²) in [5, 5.41) is 7.72. The number of carbonyl (C=O) groups excluding carboxylic acids is 2. The quantitative estimate of drug-likeness (QED) is 0.315. The zero-order chi connectivity index (χ0) is 23.8. The Hall–Kier alpha value is -3.26. The lowest BCUT2D eigenvalue weighted by Crippen LogP contribution is -2.20. The van der Waals surface area contributed by atoms with Crippen molar-refractivity contribution < 1.29 is 19.1 Å². The first-order valence-corrected chi connectivity index (χ1v) is 10.6. The van der Waals surface area contributed by atoms with Gasteiger partial charge in [0.05, 0.1) is 29.1 Å². The molecule has 0 spiro atoms. The average molecular weight is 507 g/mol. The van der Waals surface area contributed by atoms with Gasteiger partial charge in [0, 0.05) is 10.6 Å². The number of carbonyl (C=O) groups is 2. The number of para-hydroxylation sites is 1. The highest BCUT2D eigenvalue weighted by Gasteiger charge is 2.14. The third-order valence-electron chi connectivity index (χ3n) is 4.23. The van der Waals surface area contributed by atoms with E-state index in [1.54, 1.807) is 60.7 Å². The molecule has 10 heteroatoms. The molecule has 33 heavy (non-hydrogen) atoms. The SMILES string of the molecule is COc1cc(/C=N/NC(=O)c2ccc(Cl)cc2)cc(Cl)c1OCC(=O)Nc1ccccc1Cl. The fourth-order valence-corrected chi connectivity index (χ4v) is 3.25. The Balaban J connectivity index is 1.63. The zero-order valence-corrected chi connectivity index (χ0v) is 19.5. The Bertz CT molecular complexity index is 1180. The number of hydrogen-bond donors (Lipinski definition) is 2. The first-order valence-electron chi connectivity index (χ1n) is 9.51. The van der Waals surface area contributed by atoms with Crippen LogP contribution in [-0.2, 0) is 4.79 Å². The van der Waals surface area contributed by atoms with Crippen LogP contribution in [-0.4, -0.2) is 31.7 Å². The van der Waals surface area contributed by atoms with Crippen molar-refractivity contribution in [2.45, 2.75) is 0 Å². The fourth-order valence-electron chi connectivity index (χ4n) is 2.67. The summed E-state index contributed by atoms with van der Waals surface area (Å²) in [6.07, 6.45) is 1.40. The molecule has 7 nitrogen and oxygen atoms in total. The first-order chi connectivity index (χ1) is 15.9. The van der Waals surface area contributed by atoms with Crippen LogP contribution in [0.2, 0.25) is 15.1 Å². The number of anilines is 1. The molecule has 0 fully saturated rings. The van der Waals surface area contributed by atoms with Crippen molar-refractivity contribution in [3.8, 4) is 11.5 Å². The summed E-state index contributed by atoms with van der Waals surface area (Å²) in [7, 11) is 1.44. The predicted molar refractivity (Wildman–Crippen MR) is 130 cm³/mol. The van der Waals surface area contributed by atoms with Crippen molar-refractivity contribution >= 4 is 58.5 Å². The van der Waals surface area contributed by atoms with Crippen LogP contribution >= 0.6 is 34.8 Å². The molecule has 3 aromatic rings. The first kappa shape index (κ1) is 24.4. The second-order valence-electron chi connectivity index (χ2n) is 6.56. The highest BCUT2D eigenvalue weighted by Crippen LogP contribution is 2.36. The second kappa shape index (κ2) is 11.6. The molecule has 0 aliphatic carbocycles. The van der Waals surface area contributed by atoms with E-state index in [4.69, 9.17) is 44.3 Å². The standard InChI is InChI=1S/C23H18Cl3N3O4/c1-32-20-11-14(12-27-29-23(31)15-6-8-16(24)9-7-15)10-18(26)22(20)33-13-21(30)28-19-5-3-2-4-17(19)25/h2-12H,13H2,1H3,(H,28,30)(H,29,31)/b27-12+. The van der Waals surface area contributed by atoms with Gasteiger partial charge in [-0.2, -0.15) is 5.10 Å².